The van der Waals surface area contributed by atoms with Crippen LogP contribution in [0.15, 0.2) is 0 Å². The van der Waals surface area contributed by atoms with Crippen molar-refractivity contribution in [2.24, 2.45) is 0 Å². The molecule has 1 saturated heterocycles. The number of urea groups is 2. The molecular weight excluding hydrogens is 236 g/mol. The Bertz CT molecular complexity index is 367. The summed E-state index contributed by atoms with van der Waals surface area (Å²) in [6, 6.07) is -1.36. The van der Waals surface area contributed by atoms with Crippen LogP contribution in [0.4, 0.5) is 9.59 Å². The van der Waals surface area contributed by atoms with E-state index in [0.29, 0.717) is 0 Å². The molecule has 1 unspecified atom stereocenters. The van der Waals surface area contributed by atoms with Crippen LogP contribution >= 0.6 is 0 Å². The second-order valence-electron chi connectivity index (χ2n) is 4.86. The summed E-state index contributed by atoms with van der Waals surface area (Å²) in [5.74, 6) is -0.298. The number of carbonyl (C=O) groups excluding carboxylic acids is 3. The first-order valence-corrected chi connectivity index (χ1v) is 5.95. The summed E-state index contributed by atoms with van der Waals surface area (Å²) in [6.07, 6.45) is -0.956. The van der Waals surface area contributed by atoms with E-state index < -0.39 is 18.2 Å². The number of hydrogen-bond donors (Lipinski definition) is 2. The highest BCUT2D eigenvalue weighted by Gasteiger charge is 2.41. The molecule has 2 N–H and O–H groups in total. The summed E-state index contributed by atoms with van der Waals surface area (Å²) in [5, 5.41) is 3.69. The number of nitrogens with one attached hydrogen (secondary N) is 2. The zero-order valence-electron chi connectivity index (χ0n) is 11.4. The Hall–Kier alpha value is -1.63. The van der Waals surface area contributed by atoms with Gasteiger partial charge in [-0.1, -0.05) is 0 Å². The van der Waals surface area contributed by atoms with Crippen molar-refractivity contribution in [2.45, 2.75) is 52.9 Å². The van der Waals surface area contributed by atoms with Crippen molar-refractivity contribution in [1.82, 2.24) is 20.7 Å². The van der Waals surface area contributed by atoms with Crippen LogP contribution in [-0.2, 0) is 4.79 Å². The summed E-state index contributed by atoms with van der Waals surface area (Å²) in [7, 11) is 0. The lowest BCUT2D eigenvalue weighted by Gasteiger charge is -2.41. The minimum absolute atomic E-state index is 0.0279. The van der Waals surface area contributed by atoms with Crippen molar-refractivity contribution >= 4 is 17.8 Å². The third-order valence-corrected chi connectivity index (χ3v) is 2.45. The fraction of sp³-hybridized carbons (Fsp3) is 0.727. The summed E-state index contributed by atoms with van der Waals surface area (Å²) in [6.45, 7) is 8.50. The molecule has 0 spiro atoms. The molecule has 1 fully saturated rings. The van der Waals surface area contributed by atoms with Crippen LogP contribution in [-0.4, -0.2) is 46.0 Å². The molecular formula is C11H20N4O3. The van der Waals surface area contributed by atoms with Gasteiger partial charge < -0.3 is 5.32 Å². The molecule has 7 heteroatoms. The van der Waals surface area contributed by atoms with Crippen molar-refractivity contribution in [3.05, 3.63) is 0 Å². The number of carbonyl (C=O) groups is 3. The quantitative estimate of drug-likeness (QED) is 0.774. The van der Waals surface area contributed by atoms with Crippen molar-refractivity contribution in [3.8, 4) is 0 Å². The van der Waals surface area contributed by atoms with Crippen molar-refractivity contribution in [3.63, 3.8) is 0 Å². The summed E-state index contributed by atoms with van der Waals surface area (Å²) >= 11 is 0. The van der Waals surface area contributed by atoms with Crippen LogP contribution in [0.2, 0.25) is 0 Å². The largest absolute Gasteiger partial charge is 0.345 e. The normalized spacial score (nSPS) is 20.7. The zero-order chi connectivity index (χ0) is 14.0. The molecule has 0 aromatic carbocycles. The van der Waals surface area contributed by atoms with Gasteiger partial charge in [-0.15, -0.1) is 0 Å². The lowest BCUT2D eigenvalue weighted by atomic mass is 10.2. The van der Waals surface area contributed by atoms with E-state index >= 15 is 0 Å². The molecule has 0 aromatic rings. The van der Waals surface area contributed by atoms with Gasteiger partial charge in [0, 0.05) is 12.1 Å². The van der Waals surface area contributed by atoms with Crippen molar-refractivity contribution < 1.29 is 14.4 Å². The molecule has 0 radical (unpaired) electrons. The van der Waals surface area contributed by atoms with E-state index in [1.807, 2.05) is 13.8 Å². The van der Waals surface area contributed by atoms with Crippen molar-refractivity contribution in [1.29, 1.82) is 0 Å². The molecule has 1 aliphatic rings. The van der Waals surface area contributed by atoms with Crippen LogP contribution in [0.25, 0.3) is 0 Å². The van der Waals surface area contributed by atoms with Gasteiger partial charge in [-0.2, -0.15) is 0 Å². The van der Waals surface area contributed by atoms with Crippen LogP contribution in [0.5, 0.6) is 0 Å². The van der Waals surface area contributed by atoms with Gasteiger partial charge in [-0.05, 0) is 34.6 Å². The van der Waals surface area contributed by atoms with Gasteiger partial charge in [0.15, 0.2) is 11.9 Å². The zero-order valence-corrected chi connectivity index (χ0v) is 11.4. The lowest BCUT2D eigenvalue weighted by molar-refractivity contribution is -0.124. The van der Waals surface area contributed by atoms with Crippen molar-refractivity contribution in [2.75, 3.05) is 0 Å². The minimum atomic E-state index is -0.956. The van der Waals surface area contributed by atoms with Gasteiger partial charge >= 0.3 is 12.1 Å². The molecule has 1 aliphatic heterocycles. The Kier molecular flexibility index (Phi) is 4.28. The summed E-state index contributed by atoms with van der Waals surface area (Å²) in [5.41, 5.74) is 2.87. The average molecular weight is 256 g/mol. The Morgan fingerprint density at radius 3 is 2.22 bits per heavy atom. The molecule has 4 amide bonds. The maximum atomic E-state index is 12.2. The third-order valence-electron chi connectivity index (χ3n) is 2.45. The molecule has 1 rings (SSSR count). The van der Waals surface area contributed by atoms with E-state index in [4.69, 9.17) is 0 Å². The molecule has 1 heterocycles. The highest BCUT2D eigenvalue weighted by molar-refractivity contribution is 6.01. The van der Waals surface area contributed by atoms with E-state index in [2.05, 4.69) is 10.7 Å². The smallest absolute Gasteiger partial charge is 0.309 e. The first-order chi connectivity index (χ1) is 8.25. The summed E-state index contributed by atoms with van der Waals surface area (Å²) < 4.78 is 0. The maximum Gasteiger partial charge on any atom is 0.345 e. The minimum Gasteiger partial charge on any atom is -0.309 e. The molecule has 0 aliphatic carbocycles. The monoisotopic (exact) mass is 256 g/mol. The summed E-state index contributed by atoms with van der Waals surface area (Å²) in [4.78, 5) is 36.6. The maximum absolute atomic E-state index is 12.2. The number of ketones is 1. The fourth-order valence-electron chi connectivity index (χ4n) is 1.71. The predicted molar refractivity (Wildman–Crippen MR) is 65.5 cm³/mol. The first kappa shape index (κ1) is 14.4. The number of imide groups is 1. The number of nitrogens with zero attached hydrogens (tertiary/aromatic N) is 2. The van der Waals surface area contributed by atoms with Gasteiger partial charge in [0.25, 0.3) is 0 Å². The van der Waals surface area contributed by atoms with Crippen LogP contribution < -0.4 is 10.7 Å². The highest BCUT2D eigenvalue weighted by Crippen LogP contribution is 2.13. The number of rotatable bonds is 4. The fourth-order valence-corrected chi connectivity index (χ4v) is 1.71. The Morgan fingerprint density at radius 1 is 1.28 bits per heavy atom. The predicted octanol–water partition coefficient (Wildman–Crippen LogP) is 0.670. The van der Waals surface area contributed by atoms with Gasteiger partial charge in [0.1, 0.15) is 0 Å². The van der Waals surface area contributed by atoms with E-state index in [1.165, 1.54) is 11.9 Å². The van der Waals surface area contributed by atoms with E-state index in [9.17, 15) is 14.4 Å². The molecule has 7 nitrogen and oxygen atoms in total. The topological polar surface area (TPSA) is 81.8 Å². The third kappa shape index (κ3) is 2.79. The van der Waals surface area contributed by atoms with Crippen LogP contribution in [0.3, 0.4) is 0 Å². The second-order valence-corrected chi connectivity index (χ2v) is 4.86. The highest BCUT2D eigenvalue weighted by atomic mass is 16.2. The standard InChI is InChI=1S/C11H20N4O3/c1-6(2)13-15-9(8(5)16)12-10(17)14(7(3)4)11(15)18/h6-7,9,13H,1-5H3,(H,12,17). The van der Waals surface area contributed by atoms with E-state index in [0.717, 1.165) is 4.90 Å². The molecule has 102 valence electrons. The second kappa shape index (κ2) is 5.34. The molecule has 0 saturated carbocycles. The van der Waals surface area contributed by atoms with Gasteiger partial charge in [0.2, 0.25) is 0 Å². The van der Waals surface area contributed by atoms with Crippen LogP contribution in [0.1, 0.15) is 34.6 Å². The Labute approximate surface area is 106 Å². The van der Waals surface area contributed by atoms with Gasteiger partial charge in [-0.25, -0.2) is 24.9 Å². The Balaban J connectivity index is 3.02. The first-order valence-electron chi connectivity index (χ1n) is 5.95. The molecule has 0 bridgehead atoms. The number of amides is 4. The molecule has 18 heavy (non-hydrogen) atoms. The van der Waals surface area contributed by atoms with E-state index in [-0.39, 0.29) is 17.9 Å². The van der Waals surface area contributed by atoms with E-state index in [1.54, 1.807) is 13.8 Å². The number of hydrazine groups is 1. The molecule has 0 aromatic heterocycles. The van der Waals surface area contributed by atoms with Crippen LogP contribution in [0, 0.1) is 0 Å². The lowest BCUT2D eigenvalue weighted by Crippen LogP contribution is -2.71. The SMILES string of the molecule is CC(=O)C1NC(=O)N(C(C)C)C(=O)N1NC(C)C. The average Bonchev–Trinajstić information content (AvgIpc) is 2.20. The number of hydrogen-bond acceptors (Lipinski definition) is 4. The molecule has 1 atom stereocenters. The van der Waals surface area contributed by atoms with Gasteiger partial charge in [-0.3, -0.25) is 4.79 Å². The van der Waals surface area contributed by atoms with Gasteiger partial charge in [0.05, 0.1) is 0 Å². The Morgan fingerprint density at radius 2 is 1.83 bits per heavy atom. The number of Topliss-reactive ketones (excluding diaryl/α,β-unsaturated/α-hetero) is 1.